The number of hydrogen-bond acceptors (Lipinski definition) is 5. The second-order valence-electron chi connectivity index (χ2n) is 5.58. The van der Waals surface area contributed by atoms with Crippen LogP contribution in [0.4, 0.5) is 5.69 Å². The number of nitrogens with zero attached hydrogens (tertiary/aromatic N) is 1. The van der Waals surface area contributed by atoms with Crippen molar-refractivity contribution in [1.82, 2.24) is 10.3 Å². The zero-order chi connectivity index (χ0) is 18.3. The van der Waals surface area contributed by atoms with Gasteiger partial charge in [0.2, 0.25) is 10.0 Å². The van der Waals surface area contributed by atoms with E-state index in [-0.39, 0.29) is 10.8 Å². The van der Waals surface area contributed by atoms with Crippen LogP contribution in [0.2, 0.25) is 0 Å². The number of carbonyl (C=O) groups is 1. The number of carbonyl (C=O) groups excluding carboxylic acids is 1. The highest BCUT2D eigenvalue weighted by Gasteiger charge is 2.08. The van der Waals surface area contributed by atoms with E-state index in [1.165, 1.54) is 18.3 Å². The smallest absolute Gasteiger partial charge is 0.252 e. The molecule has 0 aliphatic rings. The highest BCUT2D eigenvalue weighted by atomic mass is 32.2. The molecule has 0 bridgehead atoms. The quantitative estimate of drug-likeness (QED) is 0.659. The minimum atomic E-state index is -3.68. The van der Waals surface area contributed by atoms with Gasteiger partial charge in [-0.25, -0.2) is 13.6 Å². The van der Waals surface area contributed by atoms with Crippen molar-refractivity contribution >= 4 is 21.6 Å². The number of nitrogens with one attached hydrogen (secondary N) is 2. The highest BCUT2D eigenvalue weighted by molar-refractivity contribution is 7.89. The molecule has 0 fully saturated rings. The molecule has 0 spiro atoms. The van der Waals surface area contributed by atoms with Crippen LogP contribution < -0.4 is 15.8 Å². The molecule has 8 heteroatoms. The van der Waals surface area contributed by atoms with Gasteiger partial charge in [0.1, 0.15) is 0 Å². The summed E-state index contributed by atoms with van der Waals surface area (Å²) in [6.07, 6.45) is 4.77. The molecule has 1 heterocycles. The van der Waals surface area contributed by atoms with Crippen LogP contribution in [-0.2, 0) is 16.4 Å². The standard InChI is InChI=1S/C17H22N4O3S/c1-2-8-20-15-10-14(11-19-12-15)17(22)21-9-7-13-3-5-16(6-4-13)25(18,23)24/h3-6,10-12,20H,2,7-9H2,1H3,(H,21,22)(H2,18,23,24). The molecular weight excluding hydrogens is 340 g/mol. The Bertz CT molecular complexity index is 820. The van der Waals surface area contributed by atoms with Gasteiger partial charge in [0, 0.05) is 25.5 Å². The van der Waals surface area contributed by atoms with E-state index in [4.69, 9.17) is 5.14 Å². The van der Waals surface area contributed by atoms with Crippen LogP contribution in [0.1, 0.15) is 29.3 Å². The van der Waals surface area contributed by atoms with Crippen LogP contribution >= 0.6 is 0 Å². The van der Waals surface area contributed by atoms with Crippen LogP contribution in [0.15, 0.2) is 47.6 Å². The van der Waals surface area contributed by atoms with Crippen LogP contribution in [0.5, 0.6) is 0 Å². The lowest BCUT2D eigenvalue weighted by Crippen LogP contribution is -2.26. The lowest BCUT2D eigenvalue weighted by atomic mass is 10.1. The molecule has 0 radical (unpaired) electrons. The van der Waals surface area contributed by atoms with Crippen molar-refractivity contribution in [1.29, 1.82) is 0 Å². The molecule has 134 valence electrons. The van der Waals surface area contributed by atoms with Crippen LogP contribution in [0.25, 0.3) is 0 Å². The number of nitrogens with two attached hydrogens (primary N) is 1. The number of rotatable bonds is 8. The number of anilines is 1. The van der Waals surface area contributed by atoms with E-state index in [1.807, 2.05) is 0 Å². The molecule has 0 saturated carbocycles. The van der Waals surface area contributed by atoms with Gasteiger partial charge in [0.05, 0.1) is 16.1 Å². The molecular formula is C17H22N4O3S. The fourth-order valence-electron chi connectivity index (χ4n) is 2.20. The monoisotopic (exact) mass is 362 g/mol. The van der Waals surface area contributed by atoms with Crippen molar-refractivity contribution in [2.75, 3.05) is 18.4 Å². The van der Waals surface area contributed by atoms with Gasteiger partial charge in [-0.15, -0.1) is 0 Å². The number of pyridine rings is 1. The lowest BCUT2D eigenvalue weighted by Gasteiger charge is -2.08. The fourth-order valence-corrected chi connectivity index (χ4v) is 2.71. The molecule has 7 nitrogen and oxygen atoms in total. The van der Waals surface area contributed by atoms with E-state index in [2.05, 4.69) is 22.5 Å². The third kappa shape index (κ3) is 5.84. The van der Waals surface area contributed by atoms with Crippen molar-refractivity contribution in [3.8, 4) is 0 Å². The first-order valence-corrected chi connectivity index (χ1v) is 9.53. The Morgan fingerprint density at radius 2 is 1.88 bits per heavy atom. The van der Waals surface area contributed by atoms with Gasteiger partial charge in [-0.2, -0.15) is 0 Å². The van der Waals surface area contributed by atoms with Gasteiger partial charge in [-0.1, -0.05) is 19.1 Å². The van der Waals surface area contributed by atoms with Crippen molar-refractivity contribution in [2.45, 2.75) is 24.7 Å². The van der Waals surface area contributed by atoms with Crippen LogP contribution in [0.3, 0.4) is 0 Å². The Hall–Kier alpha value is -2.45. The zero-order valence-corrected chi connectivity index (χ0v) is 14.8. The Labute approximate surface area is 147 Å². The summed E-state index contributed by atoms with van der Waals surface area (Å²) in [4.78, 5) is 16.3. The van der Waals surface area contributed by atoms with Gasteiger partial charge < -0.3 is 10.6 Å². The number of sulfonamides is 1. The Morgan fingerprint density at radius 3 is 2.52 bits per heavy atom. The van der Waals surface area contributed by atoms with Gasteiger partial charge >= 0.3 is 0 Å². The minimum absolute atomic E-state index is 0.0720. The van der Waals surface area contributed by atoms with Crippen LogP contribution in [0, 0.1) is 0 Å². The molecule has 1 amide bonds. The fraction of sp³-hybridized carbons (Fsp3) is 0.294. The number of primary sulfonamides is 1. The average Bonchev–Trinajstić information content (AvgIpc) is 2.60. The summed E-state index contributed by atoms with van der Waals surface area (Å²) in [5, 5.41) is 11.1. The maximum absolute atomic E-state index is 12.2. The summed E-state index contributed by atoms with van der Waals surface area (Å²) in [5.74, 6) is -0.200. The van der Waals surface area contributed by atoms with Gasteiger partial charge in [-0.3, -0.25) is 9.78 Å². The SMILES string of the molecule is CCCNc1cncc(C(=O)NCCc2ccc(S(N)(=O)=O)cc2)c1. The lowest BCUT2D eigenvalue weighted by molar-refractivity contribution is 0.0954. The van der Waals surface area contributed by atoms with E-state index in [0.717, 1.165) is 24.2 Å². The van der Waals surface area contributed by atoms with Crippen molar-refractivity contribution in [3.63, 3.8) is 0 Å². The van der Waals surface area contributed by atoms with E-state index >= 15 is 0 Å². The first-order valence-electron chi connectivity index (χ1n) is 7.99. The van der Waals surface area contributed by atoms with E-state index in [1.54, 1.807) is 24.4 Å². The van der Waals surface area contributed by atoms with E-state index in [9.17, 15) is 13.2 Å². The molecule has 1 aromatic carbocycles. The summed E-state index contributed by atoms with van der Waals surface area (Å²) >= 11 is 0. The van der Waals surface area contributed by atoms with Gasteiger partial charge in [0.25, 0.3) is 5.91 Å². The number of aromatic nitrogens is 1. The van der Waals surface area contributed by atoms with Crippen LogP contribution in [-0.4, -0.2) is 32.4 Å². The molecule has 2 rings (SSSR count). The molecule has 4 N–H and O–H groups in total. The maximum atomic E-state index is 12.2. The van der Waals surface area contributed by atoms with Gasteiger partial charge in [0.15, 0.2) is 0 Å². The van der Waals surface area contributed by atoms with Crippen molar-refractivity contribution in [3.05, 3.63) is 53.9 Å². The predicted molar refractivity (Wildman–Crippen MR) is 96.9 cm³/mol. The van der Waals surface area contributed by atoms with E-state index in [0.29, 0.717) is 18.5 Å². The highest BCUT2D eigenvalue weighted by Crippen LogP contribution is 2.10. The van der Waals surface area contributed by atoms with Gasteiger partial charge in [-0.05, 0) is 36.6 Å². The molecule has 0 saturated heterocycles. The number of hydrogen-bond donors (Lipinski definition) is 3. The Morgan fingerprint density at radius 1 is 1.16 bits per heavy atom. The summed E-state index contributed by atoms with van der Waals surface area (Å²) in [7, 11) is -3.68. The topological polar surface area (TPSA) is 114 Å². The first kappa shape index (κ1) is 18.9. The predicted octanol–water partition coefficient (Wildman–Crippen LogP) is 1.52. The molecule has 0 aliphatic heterocycles. The first-order chi connectivity index (χ1) is 11.9. The second-order valence-corrected chi connectivity index (χ2v) is 7.15. The summed E-state index contributed by atoms with van der Waals surface area (Å²) in [6.45, 7) is 3.31. The summed E-state index contributed by atoms with van der Waals surface area (Å²) in [5.41, 5.74) is 2.21. The number of benzene rings is 1. The second kappa shape index (κ2) is 8.59. The Balaban J connectivity index is 1.88. The summed E-state index contributed by atoms with van der Waals surface area (Å²) < 4.78 is 22.4. The molecule has 0 aliphatic carbocycles. The summed E-state index contributed by atoms with van der Waals surface area (Å²) in [6, 6.07) is 8.04. The molecule has 25 heavy (non-hydrogen) atoms. The van der Waals surface area contributed by atoms with Crippen molar-refractivity contribution < 1.29 is 13.2 Å². The van der Waals surface area contributed by atoms with Crippen molar-refractivity contribution in [2.24, 2.45) is 5.14 Å². The number of amides is 1. The molecule has 2 aromatic rings. The third-order valence-corrected chi connectivity index (χ3v) is 4.46. The maximum Gasteiger partial charge on any atom is 0.252 e. The third-order valence-electron chi connectivity index (χ3n) is 3.53. The molecule has 1 aromatic heterocycles. The molecule has 0 unspecified atom stereocenters. The zero-order valence-electron chi connectivity index (χ0n) is 14.0. The molecule has 0 atom stereocenters. The normalized spacial score (nSPS) is 11.1. The van der Waals surface area contributed by atoms with E-state index < -0.39 is 10.0 Å². The Kier molecular flexibility index (Phi) is 6.49. The average molecular weight is 362 g/mol. The minimum Gasteiger partial charge on any atom is -0.384 e. The largest absolute Gasteiger partial charge is 0.384 e.